The summed E-state index contributed by atoms with van der Waals surface area (Å²) in [5.74, 6) is 0.800. The van der Waals surface area contributed by atoms with Gasteiger partial charge in [0, 0.05) is 31.5 Å². The molecule has 108 valence electrons. The van der Waals surface area contributed by atoms with E-state index in [0.717, 1.165) is 11.3 Å². The summed E-state index contributed by atoms with van der Waals surface area (Å²) in [6.07, 6.45) is 2.38. The van der Waals surface area contributed by atoms with Crippen LogP contribution in [0, 0.1) is 11.8 Å². The molecule has 0 spiro atoms. The molecule has 1 aromatic rings. The highest BCUT2D eigenvalue weighted by molar-refractivity contribution is 5.81. The summed E-state index contributed by atoms with van der Waals surface area (Å²) in [7, 11) is 1.63. The van der Waals surface area contributed by atoms with Gasteiger partial charge in [-0.1, -0.05) is 18.2 Å². The first-order chi connectivity index (χ1) is 9.69. The summed E-state index contributed by atoms with van der Waals surface area (Å²) in [6, 6.07) is 7.70. The smallest absolute Gasteiger partial charge is 0.226 e. The summed E-state index contributed by atoms with van der Waals surface area (Å²) in [6.45, 7) is 4.92. The number of benzene rings is 1. The highest BCUT2D eigenvalue weighted by atomic mass is 16.5. The largest absolute Gasteiger partial charge is 0.497 e. The van der Waals surface area contributed by atoms with Gasteiger partial charge in [-0.2, -0.15) is 0 Å². The van der Waals surface area contributed by atoms with Crippen molar-refractivity contribution in [2.75, 3.05) is 20.3 Å². The van der Waals surface area contributed by atoms with E-state index in [1.807, 2.05) is 29.2 Å². The lowest BCUT2D eigenvalue weighted by Gasteiger charge is -2.16. The Morgan fingerprint density at radius 2 is 2.15 bits per heavy atom. The Morgan fingerprint density at radius 1 is 1.45 bits per heavy atom. The van der Waals surface area contributed by atoms with E-state index < -0.39 is 0 Å². The number of aliphatic hydroxyl groups excluding tert-OH is 1. The van der Waals surface area contributed by atoms with Gasteiger partial charge in [0.05, 0.1) is 7.11 Å². The minimum absolute atomic E-state index is 0.0127. The molecule has 1 aliphatic rings. The maximum Gasteiger partial charge on any atom is 0.226 e. The van der Waals surface area contributed by atoms with Gasteiger partial charge < -0.3 is 14.7 Å². The third-order valence-electron chi connectivity index (χ3n) is 3.84. The monoisotopic (exact) mass is 275 g/mol. The van der Waals surface area contributed by atoms with Crippen molar-refractivity contribution < 1.29 is 14.6 Å². The molecule has 0 aromatic heterocycles. The number of allylic oxidation sites excluding steroid dienone is 1. The van der Waals surface area contributed by atoms with Crippen LogP contribution in [-0.2, 0) is 11.3 Å². The first kappa shape index (κ1) is 14.6. The van der Waals surface area contributed by atoms with Crippen LogP contribution >= 0.6 is 0 Å². The fraction of sp³-hybridized carbons (Fsp3) is 0.438. The van der Waals surface area contributed by atoms with E-state index in [2.05, 4.69) is 6.58 Å². The predicted octanol–water partition coefficient (Wildman–Crippen LogP) is 1.84. The number of likely N-dealkylation sites (tertiary alicyclic amines) is 1. The number of nitrogens with zero attached hydrogens (tertiary/aromatic N) is 1. The molecule has 0 aliphatic carbocycles. The SMILES string of the molecule is C=CCC1C(=O)N(Cc2ccc(OC)cc2)CC1CO. The van der Waals surface area contributed by atoms with Gasteiger partial charge in [0.1, 0.15) is 5.75 Å². The molecular weight excluding hydrogens is 254 g/mol. The van der Waals surface area contributed by atoms with Gasteiger partial charge in [0.2, 0.25) is 5.91 Å². The van der Waals surface area contributed by atoms with Crippen molar-refractivity contribution in [3.8, 4) is 5.75 Å². The number of aliphatic hydroxyl groups is 1. The average Bonchev–Trinajstić information content (AvgIpc) is 2.77. The quantitative estimate of drug-likeness (QED) is 0.806. The lowest BCUT2D eigenvalue weighted by molar-refractivity contribution is -0.131. The molecule has 1 aliphatic heterocycles. The standard InChI is InChI=1S/C16H21NO3/c1-3-4-15-13(11-18)10-17(16(15)19)9-12-5-7-14(20-2)8-6-12/h3,5-8,13,15,18H,1,4,9-11H2,2H3. The minimum atomic E-state index is -0.129. The first-order valence-corrected chi connectivity index (χ1v) is 6.83. The van der Waals surface area contributed by atoms with E-state index in [4.69, 9.17) is 4.74 Å². The van der Waals surface area contributed by atoms with Crippen LogP contribution in [0.15, 0.2) is 36.9 Å². The van der Waals surface area contributed by atoms with Crippen molar-refractivity contribution >= 4 is 5.91 Å². The maximum atomic E-state index is 12.3. The third kappa shape index (κ3) is 3.02. The van der Waals surface area contributed by atoms with Gasteiger partial charge in [-0.3, -0.25) is 4.79 Å². The van der Waals surface area contributed by atoms with Gasteiger partial charge in [-0.25, -0.2) is 0 Å². The fourth-order valence-electron chi connectivity index (χ4n) is 2.69. The molecule has 20 heavy (non-hydrogen) atoms. The second-order valence-electron chi connectivity index (χ2n) is 5.14. The Labute approximate surface area is 119 Å². The van der Waals surface area contributed by atoms with Crippen molar-refractivity contribution in [3.05, 3.63) is 42.5 Å². The van der Waals surface area contributed by atoms with Crippen molar-refractivity contribution in [2.45, 2.75) is 13.0 Å². The van der Waals surface area contributed by atoms with E-state index in [1.54, 1.807) is 13.2 Å². The Hall–Kier alpha value is -1.81. The number of methoxy groups -OCH3 is 1. The molecular formula is C16H21NO3. The number of carbonyl (C=O) groups is 1. The number of amides is 1. The van der Waals surface area contributed by atoms with Crippen LogP contribution < -0.4 is 4.74 Å². The molecule has 0 saturated carbocycles. The summed E-state index contributed by atoms with van der Waals surface area (Å²) in [5.41, 5.74) is 1.06. The third-order valence-corrected chi connectivity index (χ3v) is 3.84. The van der Waals surface area contributed by atoms with Gasteiger partial charge in [-0.05, 0) is 24.1 Å². The van der Waals surface area contributed by atoms with Gasteiger partial charge >= 0.3 is 0 Å². The zero-order valence-electron chi connectivity index (χ0n) is 11.8. The zero-order chi connectivity index (χ0) is 14.5. The molecule has 1 fully saturated rings. The van der Waals surface area contributed by atoms with Crippen molar-refractivity contribution in [1.82, 2.24) is 4.90 Å². The molecule has 1 aromatic carbocycles. The van der Waals surface area contributed by atoms with E-state index in [-0.39, 0.29) is 24.3 Å². The molecule has 1 N–H and O–H groups in total. The van der Waals surface area contributed by atoms with Crippen molar-refractivity contribution in [2.24, 2.45) is 11.8 Å². The summed E-state index contributed by atoms with van der Waals surface area (Å²) in [5, 5.41) is 9.40. The molecule has 1 amide bonds. The van der Waals surface area contributed by atoms with E-state index in [9.17, 15) is 9.90 Å². The van der Waals surface area contributed by atoms with E-state index in [0.29, 0.717) is 19.5 Å². The topological polar surface area (TPSA) is 49.8 Å². The number of carbonyl (C=O) groups excluding carboxylic acids is 1. The second-order valence-corrected chi connectivity index (χ2v) is 5.14. The first-order valence-electron chi connectivity index (χ1n) is 6.83. The van der Waals surface area contributed by atoms with Crippen LogP contribution in [0.2, 0.25) is 0 Å². The Balaban J connectivity index is 2.05. The second kappa shape index (κ2) is 6.57. The Bertz CT molecular complexity index is 469. The van der Waals surface area contributed by atoms with Gasteiger partial charge in [0.15, 0.2) is 0 Å². The highest BCUT2D eigenvalue weighted by Crippen LogP contribution is 2.29. The van der Waals surface area contributed by atoms with Gasteiger partial charge in [0.25, 0.3) is 0 Å². The minimum Gasteiger partial charge on any atom is -0.497 e. The Kier molecular flexibility index (Phi) is 4.79. The molecule has 1 saturated heterocycles. The van der Waals surface area contributed by atoms with Crippen LogP contribution in [0.1, 0.15) is 12.0 Å². The molecule has 2 atom stereocenters. The average molecular weight is 275 g/mol. The van der Waals surface area contributed by atoms with Crippen molar-refractivity contribution in [3.63, 3.8) is 0 Å². The lowest BCUT2D eigenvalue weighted by atomic mass is 9.93. The molecule has 2 rings (SSSR count). The van der Waals surface area contributed by atoms with Crippen LogP contribution in [0.5, 0.6) is 5.75 Å². The number of rotatable bonds is 6. The lowest BCUT2D eigenvalue weighted by Crippen LogP contribution is -2.26. The number of hydrogen-bond acceptors (Lipinski definition) is 3. The van der Waals surface area contributed by atoms with Crippen LogP contribution in [0.3, 0.4) is 0 Å². The molecule has 0 radical (unpaired) electrons. The Morgan fingerprint density at radius 3 is 2.70 bits per heavy atom. The molecule has 4 nitrogen and oxygen atoms in total. The van der Waals surface area contributed by atoms with E-state index >= 15 is 0 Å². The summed E-state index contributed by atoms with van der Waals surface area (Å²) in [4.78, 5) is 14.2. The maximum absolute atomic E-state index is 12.3. The van der Waals surface area contributed by atoms with Crippen LogP contribution in [0.25, 0.3) is 0 Å². The summed E-state index contributed by atoms with van der Waals surface area (Å²) >= 11 is 0. The van der Waals surface area contributed by atoms with E-state index in [1.165, 1.54) is 0 Å². The highest BCUT2D eigenvalue weighted by Gasteiger charge is 2.38. The predicted molar refractivity (Wildman–Crippen MR) is 77.3 cm³/mol. The van der Waals surface area contributed by atoms with Crippen LogP contribution in [-0.4, -0.2) is 36.2 Å². The normalized spacial score (nSPS) is 22.1. The fourth-order valence-corrected chi connectivity index (χ4v) is 2.69. The number of ether oxygens (including phenoxy) is 1. The molecule has 0 bridgehead atoms. The summed E-state index contributed by atoms with van der Waals surface area (Å²) < 4.78 is 5.12. The molecule has 4 heteroatoms. The van der Waals surface area contributed by atoms with Crippen molar-refractivity contribution in [1.29, 1.82) is 0 Å². The van der Waals surface area contributed by atoms with Crippen LogP contribution in [0.4, 0.5) is 0 Å². The molecule has 2 unspecified atom stereocenters. The zero-order valence-corrected chi connectivity index (χ0v) is 11.8. The van der Waals surface area contributed by atoms with Gasteiger partial charge in [-0.15, -0.1) is 6.58 Å². The molecule has 1 heterocycles. The number of hydrogen-bond donors (Lipinski definition) is 1.